The van der Waals surface area contributed by atoms with Gasteiger partial charge in [-0.2, -0.15) is 0 Å². The molecule has 0 saturated heterocycles. The summed E-state index contributed by atoms with van der Waals surface area (Å²) in [6, 6.07) is 32.9. The maximum Gasteiger partial charge on any atom is 0.243 e. The van der Waals surface area contributed by atoms with E-state index in [1.807, 2.05) is 109 Å². The molecule has 4 rings (SSSR count). The summed E-state index contributed by atoms with van der Waals surface area (Å²) in [5.74, 6) is -1.51. The molecule has 0 unspecified atom stereocenters. The van der Waals surface area contributed by atoms with Gasteiger partial charge in [-0.3, -0.25) is 19.8 Å². The van der Waals surface area contributed by atoms with Crippen LogP contribution in [0, 0.1) is 5.41 Å². The Balaban J connectivity index is 1.45. The minimum absolute atomic E-state index is 0.190. The molecule has 11 nitrogen and oxygen atoms in total. The van der Waals surface area contributed by atoms with Crippen molar-refractivity contribution >= 4 is 23.7 Å². The van der Waals surface area contributed by atoms with Crippen molar-refractivity contribution < 1.29 is 14.4 Å². The Kier molecular flexibility index (Phi) is 15.2. The lowest BCUT2D eigenvalue weighted by Gasteiger charge is -2.24. The van der Waals surface area contributed by atoms with Crippen LogP contribution in [0.1, 0.15) is 36.8 Å². The molecule has 3 atom stereocenters. The number of nitrogens with two attached hydrogens (primary N) is 3. The lowest BCUT2D eigenvalue weighted by Crippen LogP contribution is -2.56. The van der Waals surface area contributed by atoms with Gasteiger partial charge in [0.15, 0.2) is 5.96 Å². The lowest BCUT2D eigenvalue weighted by molar-refractivity contribution is -0.132. The van der Waals surface area contributed by atoms with Gasteiger partial charge < -0.3 is 38.5 Å². The highest BCUT2D eigenvalue weighted by Crippen LogP contribution is 2.21. The summed E-state index contributed by atoms with van der Waals surface area (Å²) in [4.78, 5) is 40.6. The Morgan fingerprint density at radius 1 is 0.569 bits per heavy atom. The van der Waals surface area contributed by atoms with Crippen LogP contribution in [0.25, 0.3) is 22.3 Å². The summed E-state index contributed by atoms with van der Waals surface area (Å²) >= 11 is 0. The monoisotopic (exact) mass is 690 g/mol. The largest absolute Gasteiger partial charge is 0.370 e. The molecule has 4 aromatic rings. The fourth-order valence-corrected chi connectivity index (χ4v) is 5.67. The standard InChI is InChI=1S/C40H50N8O3/c41-23-7-8-24-45-38(50)36(27-29-17-21-33(22-18-29)31-12-5-2-6-13-31)48-39(51)35(14-9-25-46-40(43)44)47-37(49)34(42)26-28-15-19-32(20-16-28)30-10-3-1-4-11-30/h1-6,10-13,15-22,34-36H,7-9,14,23-27,41-42H2,(H,45,50)(H,47,49)(H,48,51)(H4,43,44,46)/t34-,35-,36+/m0/s1. The van der Waals surface area contributed by atoms with Gasteiger partial charge in [-0.05, 0) is 72.0 Å². The van der Waals surface area contributed by atoms with E-state index in [0.29, 0.717) is 32.5 Å². The van der Waals surface area contributed by atoms with E-state index in [2.05, 4.69) is 21.3 Å². The van der Waals surface area contributed by atoms with E-state index in [-0.39, 0.29) is 31.1 Å². The van der Waals surface area contributed by atoms with Gasteiger partial charge in [-0.25, -0.2) is 0 Å². The van der Waals surface area contributed by atoms with Crippen molar-refractivity contribution in [1.82, 2.24) is 21.3 Å². The molecule has 0 aliphatic heterocycles. The van der Waals surface area contributed by atoms with E-state index in [9.17, 15) is 14.4 Å². The summed E-state index contributed by atoms with van der Waals surface area (Å²) < 4.78 is 0. The maximum absolute atomic E-state index is 13.8. The molecule has 0 aliphatic carbocycles. The molecule has 11 heteroatoms. The summed E-state index contributed by atoms with van der Waals surface area (Å²) in [6.45, 7) is 1.27. The first-order valence-electron chi connectivity index (χ1n) is 17.4. The number of hydrogen-bond donors (Lipinski definition) is 8. The second kappa shape index (κ2) is 20.2. The molecule has 11 N–H and O–H groups in total. The number of amides is 3. The Morgan fingerprint density at radius 3 is 1.59 bits per heavy atom. The van der Waals surface area contributed by atoms with Crippen molar-refractivity contribution in [1.29, 1.82) is 5.41 Å². The van der Waals surface area contributed by atoms with E-state index in [1.165, 1.54) is 0 Å². The Hall–Kier alpha value is -5.52. The number of benzene rings is 4. The zero-order valence-electron chi connectivity index (χ0n) is 28.9. The fraction of sp³-hybridized carbons (Fsp3) is 0.300. The third-order valence-corrected chi connectivity index (χ3v) is 8.54. The van der Waals surface area contributed by atoms with Crippen LogP contribution in [0.3, 0.4) is 0 Å². The first-order valence-corrected chi connectivity index (χ1v) is 17.4. The van der Waals surface area contributed by atoms with Gasteiger partial charge in [-0.1, -0.05) is 109 Å². The van der Waals surface area contributed by atoms with Crippen molar-refractivity contribution in [2.24, 2.45) is 17.2 Å². The van der Waals surface area contributed by atoms with Crippen LogP contribution in [0.5, 0.6) is 0 Å². The van der Waals surface area contributed by atoms with Gasteiger partial charge in [0, 0.05) is 19.5 Å². The Bertz CT molecular complexity index is 1680. The predicted molar refractivity (Wildman–Crippen MR) is 203 cm³/mol. The molecular formula is C40H50N8O3. The zero-order valence-corrected chi connectivity index (χ0v) is 28.9. The Morgan fingerprint density at radius 2 is 1.06 bits per heavy atom. The molecule has 0 spiro atoms. The SMILES string of the molecule is N=C(N)NCCC[C@H](NC(=O)[C@@H](N)Cc1ccc(-c2ccccc2)cc1)C(=O)N[C@H](Cc1ccc(-c2ccccc2)cc1)C(=O)NCCCCN. The number of nitrogens with one attached hydrogen (secondary N) is 5. The normalized spacial score (nSPS) is 12.6. The zero-order chi connectivity index (χ0) is 36.4. The average Bonchev–Trinajstić information content (AvgIpc) is 3.15. The number of carbonyl (C=O) groups excluding carboxylic acids is 3. The molecule has 0 fully saturated rings. The van der Waals surface area contributed by atoms with E-state index >= 15 is 0 Å². The van der Waals surface area contributed by atoms with Gasteiger partial charge in [0.05, 0.1) is 6.04 Å². The molecule has 0 heterocycles. The molecule has 268 valence electrons. The van der Waals surface area contributed by atoms with Crippen molar-refractivity contribution in [3.05, 3.63) is 120 Å². The van der Waals surface area contributed by atoms with Crippen molar-refractivity contribution in [3.8, 4) is 22.3 Å². The van der Waals surface area contributed by atoms with Gasteiger partial charge in [0.25, 0.3) is 0 Å². The van der Waals surface area contributed by atoms with Gasteiger partial charge in [0.2, 0.25) is 17.7 Å². The molecule has 4 aromatic carbocycles. The Labute approximate surface area is 300 Å². The highest BCUT2D eigenvalue weighted by Gasteiger charge is 2.28. The van der Waals surface area contributed by atoms with Crippen LogP contribution in [-0.4, -0.2) is 61.4 Å². The first-order chi connectivity index (χ1) is 24.7. The van der Waals surface area contributed by atoms with Gasteiger partial charge >= 0.3 is 0 Å². The molecule has 3 amide bonds. The van der Waals surface area contributed by atoms with Crippen LogP contribution >= 0.6 is 0 Å². The topological polar surface area (TPSA) is 201 Å². The van der Waals surface area contributed by atoms with Crippen LogP contribution < -0.4 is 38.5 Å². The second-order valence-corrected chi connectivity index (χ2v) is 12.5. The average molecular weight is 691 g/mol. The maximum atomic E-state index is 13.8. The summed E-state index contributed by atoms with van der Waals surface area (Å²) in [7, 11) is 0. The molecule has 0 aromatic heterocycles. The third kappa shape index (κ3) is 12.7. The smallest absolute Gasteiger partial charge is 0.243 e. The van der Waals surface area contributed by atoms with Crippen molar-refractivity contribution in [3.63, 3.8) is 0 Å². The van der Waals surface area contributed by atoms with E-state index < -0.39 is 29.9 Å². The molecular weight excluding hydrogens is 640 g/mol. The summed E-state index contributed by atoms with van der Waals surface area (Å²) in [6.07, 6.45) is 2.64. The highest BCUT2D eigenvalue weighted by atomic mass is 16.2. The number of rotatable bonds is 19. The van der Waals surface area contributed by atoms with Crippen molar-refractivity contribution in [2.75, 3.05) is 19.6 Å². The number of guanidine groups is 1. The van der Waals surface area contributed by atoms with Crippen LogP contribution in [-0.2, 0) is 27.2 Å². The number of unbranched alkanes of at least 4 members (excludes halogenated alkanes) is 1. The number of hydrogen-bond acceptors (Lipinski definition) is 6. The highest BCUT2D eigenvalue weighted by molar-refractivity contribution is 5.93. The fourth-order valence-electron chi connectivity index (χ4n) is 5.67. The lowest BCUT2D eigenvalue weighted by atomic mass is 9.99. The molecule has 0 saturated carbocycles. The first kappa shape index (κ1) is 38.3. The van der Waals surface area contributed by atoms with E-state index in [4.69, 9.17) is 22.6 Å². The minimum atomic E-state index is -0.981. The van der Waals surface area contributed by atoms with Crippen molar-refractivity contribution in [2.45, 2.75) is 56.7 Å². The number of carbonyl (C=O) groups is 3. The van der Waals surface area contributed by atoms with Crippen LogP contribution in [0.4, 0.5) is 0 Å². The molecule has 0 radical (unpaired) electrons. The second-order valence-electron chi connectivity index (χ2n) is 12.5. The molecule has 0 bridgehead atoms. The summed E-state index contributed by atoms with van der Waals surface area (Å²) in [5.41, 5.74) is 23.4. The van der Waals surface area contributed by atoms with Gasteiger partial charge in [-0.15, -0.1) is 0 Å². The van der Waals surface area contributed by atoms with E-state index in [0.717, 1.165) is 39.8 Å². The van der Waals surface area contributed by atoms with Crippen LogP contribution in [0.15, 0.2) is 109 Å². The van der Waals surface area contributed by atoms with E-state index in [1.54, 1.807) is 0 Å². The third-order valence-electron chi connectivity index (χ3n) is 8.54. The summed E-state index contributed by atoms with van der Waals surface area (Å²) in [5, 5.41) is 18.8. The van der Waals surface area contributed by atoms with Crippen LogP contribution in [0.2, 0.25) is 0 Å². The quantitative estimate of drug-likeness (QED) is 0.0419. The predicted octanol–water partition coefficient (Wildman–Crippen LogP) is 3.22. The van der Waals surface area contributed by atoms with Gasteiger partial charge in [0.1, 0.15) is 12.1 Å². The molecule has 51 heavy (non-hydrogen) atoms. The molecule has 0 aliphatic rings. The minimum Gasteiger partial charge on any atom is -0.370 e.